The number of aliphatic hydroxyl groups excluding tert-OH is 1. The van der Waals surface area contributed by atoms with Crippen molar-refractivity contribution in [3.63, 3.8) is 0 Å². The number of amides is 3. The van der Waals surface area contributed by atoms with E-state index in [4.69, 9.17) is 0 Å². The van der Waals surface area contributed by atoms with Crippen LogP contribution < -0.4 is 0 Å². The fourth-order valence-electron chi connectivity index (χ4n) is 2.83. The minimum Gasteiger partial charge on any atom is -0.387 e. The molecule has 2 rings (SSSR count). The molecule has 108 valence electrons. The average Bonchev–Trinajstić information content (AvgIpc) is 2.54. The summed E-state index contributed by atoms with van der Waals surface area (Å²) in [4.78, 5) is 26.0. The third-order valence-corrected chi connectivity index (χ3v) is 3.66. The summed E-state index contributed by atoms with van der Waals surface area (Å²) in [5.41, 5.74) is 3.87. The van der Waals surface area contributed by atoms with Crippen molar-refractivity contribution < 1.29 is 14.7 Å². The van der Waals surface area contributed by atoms with Gasteiger partial charge in [0.05, 0.1) is 12.6 Å². The van der Waals surface area contributed by atoms with Crippen molar-refractivity contribution in [1.82, 2.24) is 9.80 Å². The molecular weight excluding hydrogens is 256 g/mol. The lowest BCUT2D eigenvalue weighted by Crippen LogP contribution is -2.35. The summed E-state index contributed by atoms with van der Waals surface area (Å²) >= 11 is 0. The predicted octanol–water partition coefficient (Wildman–Crippen LogP) is 1.54. The number of carbonyl (C=O) groups excluding carboxylic acids is 2. The maximum Gasteiger partial charge on any atom is 0.327 e. The molecule has 5 nitrogen and oxygen atoms in total. The molecule has 1 heterocycles. The quantitative estimate of drug-likeness (QED) is 0.852. The number of aliphatic hydroxyl groups is 1. The Morgan fingerprint density at radius 3 is 2.20 bits per heavy atom. The fourth-order valence-corrected chi connectivity index (χ4v) is 2.83. The molecule has 0 bridgehead atoms. The third-order valence-electron chi connectivity index (χ3n) is 3.66. The van der Waals surface area contributed by atoms with Crippen LogP contribution in [0.2, 0.25) is 0 Å². The largest absolute Gasteiger partial charge is 0.387 e. The van der Waals surface area contributed by atoms with Crippen molar-refractivity contribution in [3.05, 3.63) is 34.4 Å². The van der Waals surface area contributed by atoms with Gasteiger partial charge in [-0.15, -0.1) is 0 Å². The zero-order valence-corrected chi connectivity index (χ0v) is 12.3. The second-order valence-corrected chi connectivity index (χ2v) is 5.47. The molecule has 0 aromatic heterocycles. The standard InChI is InChI=1S/C15H20N2O3/c1-9-5-10(2)14(11(3)6-9)12(18)7-17-13(19)8-16(4)15(17)20/h5-6,12,18H,7-8H2,1-4H3. The van der Waals surface area contributed by atoms with Crippen molar-refractivity contribution in [2.75, 3.05) is 20.1 Å². The van der Waals surface area contributed by atoms with E-state index in [1.165, 1.54) is 4.90 Å². The van der Waals surface area contributed by atoms with E-state index >= 15 is 0 Å². The van der Waals surface area contributed by atoms with Gasteiger partial charge >= 0.3 is 6.03 Å². The Morgan fingerprint density at radius 2 is 1.75 bits per heavy atom. The topological polar surface area (TPSA) is 60.9 Å². The van der Waals surface area contributed by atoms with E-state index < -0.39 is 6.10 Å². The van der Waals surface area contributed by atoms with E-state index in [1.54, 1.807) is 7.05 Å². The van der Waals surface area contributed by atoms with Gasteiger partial charge in [-0.25, -0.2) is 4.79 Å². The number of imide groups is 1. The van der Waals surface area contributed by atoms with Crippen molar-refractivity contribution in [2.45, 2.75) is 26.9 Å². The monoisotopic (exact) mass is 276 g/mol. The van der Waals surface area contributed by atoms with Gasteiger partial charge in [0.15, 0.2) is 0 Å². The molecule has 20 heavy (non-hydrogen) atoms. The zero-order chi connectivity index (χ0) is 15.0. The highest BCUT2D eigenvalue weighted by molar-refractivity contribution is 6.01. The summed E-state index contributed by atoms with van der Waals surface area (Å²) in [6, 6.07) is 3.63. The summed E-state index contributed by atoms with van der Waals surface area (Å²) in [5, 5.41) is 10.4. The van der Waals surface area contributed by atoms with E-state index in [-0.39, 0.29) is 25.0 Å². The van der Waals surface area contributed by atoms with Crippen LogP contribution in [0.25, 0.3) is 0 Å². The Morgan fingerprint density at radius 1 is 1.20 bits per heavy atom. The van der Waals surface area contributed by atoms with E-state index in [0.29, 0.717) is 0 Å². The van der Waals surface area contributed by atoms with Crippen LogP contribution in [-0.4, -0.2) is 47.0 Å². The lowest BCUT2D eigenvalue weighted by Gasteiger charge is -2.22. The number of β-amino-alcohol motifs (C(OH)–C–C–N with tert-alkyl or cyclic N) is 1. The Labute approximate surface area is 118 Å². The van der Waals surface area contributed by atoms with Gasteiger partial charge in [-0.2, -0.15) is 0 Å². The van der Waals surface area contributed by atoms with Crippen LogP contribution in [0.4, 0.5) is 4.79 Å². The Hall–Kier alpha value is -1.88. The molecule has 1 aliphatic heterocycles. The third kappa shape index (κ3) is 2.54. The number of nitrogens with zero attached hydrogens (tertiary/aromatic N) is 2. The number of benzene rings is 1. The van der Waals surface area contributed by atoms with Crippen molar-refractivity contribution in [3.8, 4) is 0 Å². The number of carbonyl (C=O) groups is 2. The lowest BCUT2D eigenvalue weighted by molar-refractivity contribution is -0.126. The molecule has 1 atom stereocenters. The summed E-state index contributed by atoms with van der Waals surface area (Å²) in [6.07, 6.45) is -0.852. The van der Waals surface area contributed by atoms with Crippen LogP contribution in [0.15, 0.2) is 12.1 Å². The van der Waals surface area contributed by atoms with Gasteiger partial charge in [0.1, 0.15) is 6.54 Å². The minimum absolute atomic E-state index is 0.00669. The molecule has 1 aromatic rings. The molecule has 0 radical (unpaired) electrons. The first kappa shape index (κ1) is 14.5. The first-order chi connectivity index (χ1) is 9.31. The van der Waals surface area contributed by atoms with Gasteiger partial charge in [0.25, 0.3) is 0 Å². The number of likely N-dealkylation sites (N-methyl/N-ethyl adjacent to an activating group) is 1. The van der Waals surface area contributed by atoms with E-state index in [1.807, 2.05) is 32.9 Å². The number of urea groups is 1. The summed E-state index contributed by atoms with van der Waals surface area (Å²) in [6.45, 7) is 5.94. The van der Waals surface area contributed by atoms with Crippen molar-refractivity contribution in [1.29, 1.82) is 0 Å². The molecule has 1 saturated heterocycles. The SMILES string of the molecule is Cc1cc(C)c(C(O)CN2C(=O)CN(C)C2=O)c(C)c1. The van der Waals surface area contributed by atoms with E-state index in [9.17, 15) is 14.7 Å². The molecule has 0 saturated carbocycles. The molecule has 0 aliphatic carbocycles. The molecule has 0 spiro atoms. The second-order valence-electron chi connectivity index (χ2n) is 5.47. The maximum absolute atomic E-state index is 11.8. The summed E-state index contributed by atoms with van der Waals surface area (Å²) in [5.74, 6) is -0.265. The molecule has 1 aliphatic rings. The first-order valence-electron chi connectivity index (χ1n) is 6.62. The number of hydrogen-bond acceptors (Lipinski definition) is 3. The molecule has 1 unspecified atom stereocenters. The molecular formula is C15H20N2O3. The van der Waals surface area contributed by atoms with Gasteiger partial charge in [0, 0.05) is 7.05 Å². The molecule has 1 N–H and O–H groups in total. The molecule has 1 aromatic carbocycles. The normalized spacial score (nSPS) is 17.1. The van der Waals surface area contributed by atoms with Crippen LogP contribution in [0, 0.1) is 20.8 Å². The highest BCUT2D eigenvalue weighted by Crippen LogP contribution is 2.25. The van der Waals surface area contributed by atoms with E-state index in [0.717, 1.165) is 27.2 Å². The first-order valence-corrected chi connectivity index (χ1v) is 6.62. The van der Waals surface area contributed by atoms with Crippen LogP contribution >= 0.6 is 0 Å². The second kappa shape index (κ2) is 5.25. The van der Waals surface area contributed by atoms with Crippen LogP contribution in [0.3, 0.4) is 0 Å². The van der Waals surface area contributed by atoms with Crippen molar-refractivity contribution >= 4 is 11.9 Å². The number of hydrogen-bond donors (Lipinski definition) is 1. The van der Waals surface area contributed by atoms with Crippen LogP contribution in [0.1, 0.15) is 28.4 Å². The smallest absolute Gasteiger partial charge is 0.327 e. The predicted molar refractivity (Wildman–Crippen MR) is 75.4 cm³/mol. The highest BCUT2D eigenvalue weighted by atomic mass is 16.3. The zero-order valence-electron chi connectivity index (χ0n) is 12.3. The van der Waals surface area contributed by atoms with Crippen molar-refractivity contribution in [2.24, 2.45) is 0 Å². The summed E-state index contributed by atoms with van der Waals surface area (Å²) < 4.78 is 0. The highest BCUT2D eigenvalue weighted by Gasteiger charge is 2.35. The van der Waals surface area contributed by atoms with Crippen LogP contribution in [-0.2, 0) is 4.79 Å². The fraction of sp³-hybridized carbons (Fsp3) is 0.467. The number of rotatable bonds is 3. The Bertz CT molecular complexity index is 545. The molecule has 5 heteroatoms. The van der Waals surface area contributed by atoms with Crippen LogP contribution in [0.5, 0.6) is 0 Å². The lowest BCUT2D eigenvalue weighted by atomic mass is 9.95. The average molecular weight is 276 g/mol. The Balaban J connectivity index is 2.23. The summed E-state index contributed by atoms with van der Waals surface area (Å²) in [7, 11) is 1.58. The molecule has 1 fully saturated rings. The Kier molecular flexibility index (Phi) is 3.81. The number of aryl methyl sites for hydroxylation is 3. The minimum atomic E-state index is -0.852. The molecule has 3 amide bonds. The van der Waals surface area contributed by atoms with Gasteiger partial charge in [0.2, 0.25) is 5.91 Å². The van der Waals surface area contributed by atoms with Gasteiger partial charge < -0.3 is 10.0 Å². The maximum atomic E-state index is 11.8. The van der Waals surface area contributed by atoms with Gasteiger partial charge in [-0.3, -0.25) is 9.69 Å². The van der Waals surface area contributed by atoms with E-state index in [2.05, 4.69) is 0 Å². The van der Waals surface area contributed by atoms with Gasteiger partial charge in [-0.1, -0.05) is 17.7 Å². The van der Waals surface area contributed by atoms with Gasteiger partial charge in [-0.05, 0) is 37.5 Å².